The molecule has 1 amide bonds. The van der Waals surface area contributed by atoms with E-state index >= 15 is 0 Å². The van der Waals surface area contributed by atoms with Gasteiger partial charge in [-0.15, -0.1) is 0 Å². The molecule has 1 aromatic carbocycles. The monoisotopic (exact) mass is 390 g/mol. The van der Waals surface area contributed by atoms with Crippen molar-refractivity contribution >= 4 is 28.5 Å². The first-order valence-corrected chi connectivity index (χ1v) is 10.3. The number of nitrogens with zero attached hydrogens (tertiary/aromatic N) is 2. The lowest BCUT2D eigenvalue weighted by Gasteiger charge is -2.33. The minimum Gasteiger partial charge on any atom is -0.368 e. The van der Waals surface area contributed by atoms with Crippen molar-refractivity contribution in [1.82, 2.24) is 20.2 Å². The van der Waals surface area contributed by atoms with E-state index in [1.807, 2.05) is 23.1 Å². The van der Waals surface area contributed by atoms with Gasteiger partial charge in [0.05, 0.1) is 11.0 Å². The lowest BCUT2D eigenvalue weighted by Crippen LogP contribution is -2.48. The molecule has 0 radical (unpaired) electrons. The summed E-state index contributed by atoms with van der Waals surface area (Å²) in [5, 5.41) is 4.36. The van der Waals surface area contributed by atoms with Crippen LogP contribution in [0.1, 0.15) is 37.9 Å². The summed E-state index contributed by atoms with van der Waals surface area (Å²) in [5.74, 6) is 1.20. The quantitative estimate of drug-likeness (QED) is 0.744. The van der Waals surface area contributed by atoms with Gasteiger partial charge in [-0.2, -0.15) is 0 Å². The van der Waals surface area contributed by atoms with Crippen molar-refractivity contribution in [2.75, 3.05) is 26.2 Å². The second kappa shape index (κ2) is 8.59. The highest BCUT2D eigenvalue weighted by atomic mass is 35.5. The molecule has 0 aliphatic carbocycles. The Labute approximate surface area is 164 Å². The fourth-order valence-electron chi connectivity index (χ4n) is 4.00. The van der Waals surface area contributed by atoms with Gasteiger partial charge in [0.2, 0.25) is 0 Å². The Morgan fingerprint density at radius 2 is 2.19 bits per heavy atom. The molecule has 0 spiro atoms. The first kappa shape index (κ1) is 18.7. The molecule has 27 heavy (non-hydrogen) atoms. The van der Waals surface area contributed by atoms with Gasteiger partial charge in [0.25, 0.3) is 5.91 Å². The van der Waals surface area contributed by atoms with Crippen LogP contribution in [0.3, 0.4) is 0 Å². The summed E-state index contributed by atoms with van der Waals surface area (Å²) < 4.78 is 5.52. The lowest BCUT2D eigenvalue weighted by molar-refractivity contribution is -0.142. The van der Waals surface area contributed by atoms with E-state index in [1.54, 1.807) is 0 Å². The third-order valence-electron chi connectivity index (χ3n) is 5.53. The van der Waals surface area contributed by atoms with E-state index in [9.17, 15) is 4.79 Å². The molecule has 1 aromatic heterocycles. The largest absolute Gasteiger partial charge is 0.368 e. The van der Waals surface area contributed by atoms with Crippen LogP contribution in [0.5, 0.6) is 0 Å². The predicted octanol–water partition coefficient (Wildman–Crippen LogP) is 2.91. The molecule has 146 valence electrons. The summed E-state index contributed by atoms with van der Waals surface area (Å²) in [6.45, 7) is 3.36. The smallest absolute Gasteiger partial charge is 0.251 e. The van der Waals surface area contributed by atoms with Crippen molar-refractivity contribution in [2.24, 2.45) is 0 Å². The number of rotatable bonds is 6. The molecule has 2 aromatic rings. The van der Waals surface area contributed by atoms with Gasteiger partial charge in [-0.05, 0) is 56.8 Å². The summed E-state index contributed by atoms with van der Waals surface area (Å²) in [5.41, 5.74) is 1.96. The van der Waals surface area contributed by atoms with Gasteiger partial charge in [-0.1, -0.05) is 11.6 Å². The molecule has 6 nitrogen and oxygen atoms in total. The van der Waals surface area contributed by atoms with E-state index in [1.165, 1.54) is 0 Å². The van der Waals surface area contributed by atoms with E-state index in [-0.39, 0.29) is 12.0 Å². The number of aromatic nitrogens is 2. The summed E-state index contributed by atoms with van der Waals surface area (Å²) in [7, 11) is 0. The lowest BCUT2D eigenvalue weighted by atomic mass is 10.0. The van der Waals surface area contributed by atoms with Gasteiger partial charge in [-0.3, -0.25) is 4.79 Å². The normalized spacial score (nSPS) is 21.2. The van der Waals surface area contributed by atoms with Crippen molar-refractivity contribution in [3.63, 3.8) is 0 Å². The second-order valence-corrected chi connectivity index (χ2v) is 7.94. The van der Waals surface area contributed by atoms with Crippen LogP contribution in [0.25, 0.3) is 11.0 Å². The van der Waals surface area contributed by atoms with Gasteiger partial charge < -0.3 is 19.9 Å². The second-order valence-electron chi connectivity index (χ2n) is 7.50. The number of benzene rings is 1. The molecule has 2 fully saturated rings. The maximum absolute atomic E-state index is 12.4. The highest BCUT2D eigenvalue weighted by Crippen LogP contribution is 2.19. The number of hydrogen-bond donors (Lipinski definition) is 2. The number of H-pyrrole nitrogens is 1. The Morgan fingerprint density at radius 3 is 2.96 bits per heavy atom. The van der Waals surface area contributed by atoms with E-state index in [0.29, 0.717) is 6.04 Å². The minimum absolute atomic E-state index is 0.187. The average Bonchev–Trinajstić information content (AvgIpc) is 3.34. The number of imidazole rings is 1. The molecular formula is C20H27ClN4O2. The van der Waals surface area contributed by atoms with Crippen molar-refractivity contribution in [2.45, 2.75) is 50.7 Å². The molecule has 1 atom stereocenters. The highest BCUT2D eigenvalue weighted by molar-refractivity contribution is 6.31. The number of likely N-dealkylation sites (tertiary alicyclic amines) is 1. The molecule has 4 rings (SSSR count). The summed E-state index contributed by atoms with van der Waals surface area (Å²) in [4.78, 5) is 22.3. The molecule has 2 N–H and O–H groups in total. The van der Waals surface area contributed by atoms with Crippen LogP contribution in [-0.4, -0.2) is 59.2 Å². The molecule has 2 saturated heterocycles. The molecular weight excluding hydrogens is 364 g/mol. The zero-order chi connectivity index (χ0) is 18.6. The number of nitrogens with one attached hydrogen (secondary N) is 2. The predicted molar refractivity (Wildman–Crippen MR) is 106 cm³/mol. The number of carbonyl (C=O) groups excluding carboxylic acids is 1. The summed E-state index contributed by atoms with van der Waals surface area (Å²) >= 11 is 6.02. The maximum Gasteiger partial charge on any atom is 0.251 e. The number of fused-ring (bicyclic) bond motifs is 1. The Morgan fingerprint density at radius 1 is 1.33 bits per heavy atom. The third kappa shape index (κ3) is 4.62. The van der Waals surface area contributed by atoms with Crippen LogP contribution in [0.4, 0.5) is 0 Å². The minimum atomic E-state index is -0.187. The molecule has 1 unspecified atom stereocenters. The van der Waals surface area contributed by atoms with Crippen molar-refractivity contribution < 1.29 is 9.53 Å². The van der Waals surface area contributed by atoms with Crippen molar-refractivity contribution in [3.05, 3.63) is 29.0 Å². The molecule has 0 bridgehead atoms. The van der Waals surface area contributed by atoms with Crippen molar-refractivity contribution in [1.29, 1.82) is 0 Å². The number of ether oxygens (including phenoxy) is 1. The van der Waals surface area contributed by atoms with Crippen molar-refractivity contribution in [3.8, 4) is 0 Å². The average molecular weight is 391 g/mol. The topological polar surface area (TPSA) is 70.2 Å². The molecule has 2 aliphatic rings. The number of piperidine rings is 1. The van der Waals surface area contributed by atoms with Crippen LogP contribution < -0.4 is 5.32 Å². The molecule has 2 aliphatic heterocycles. The molecule has 3 heterocycles. The van der Waals surface area contributed by atoms with E-state index < -0.39 is 0 Å². The van der Waals surface area contributed by atoms with Crippen LogP contribution in [-0.2, 0) is 16.0 Å². The van der Waals surface area contributed by atoms with E-state index in [4.69, 9.17) is 16.3 Å². The number of halogens is 1. The number of amides is 1. The Bertz CT molecular complexity index is 779. The van der Waals surface area contributed by atoms with Crippen LogP contribution >= 0.6 is 11.6 Å². The summed E-state index contributed by atoms with van der Waals surface area (Å²) in [6, 6.07) is 6.22. The summed E-state index contributed by atoms with van der Waals surface area (Å²) in [6.07, 6.45) is 5.67. The van der Waals surface area contributed by atoms with Gasteiger partial charge in [0.1, 0.15) is 11.9 Å². The van der Waals surface area contributed by atoms with Crippen LogP contribution in [0.2, 0.25) is 5.02 Å². The molecule has 0 saturated carbocycles. The Balaban J connectivity index is 1.16. The first-order chi connectivity index (χ1) is 13.2. The maximum atomic E-state index is 12.4. The Hall–Kier alpha value is -1.63. The third-order valence-corrected chi connectivity index (χ3v) is 5.76. The Kier molecular flexibility index (Phi) is 5.95. The SMILES string of the molecule is O=C(C1CCCO1)N1CCC(NCCCc2nc3ccc(Cl)cc3[nH]2)CC1. The van der Waals surface area contributed by atoms with Gasteiger partial charge in [0.15, 0.2) is 0 Å². The fraction of sp³-hybridized carbons (Fsp3) is 0.600. The number of hydrogen-bond acceptors (Lipinski definition) is 4. The van der Waals surface area contributed by atoms with Gasteiger partial charge in [0, 0.05) is 37.2 Å². The first-order valence-electron chi connectivity index (χ1n) is 9.97. The van der Waals surface area contributed by atoms with Gasteiger partial charge in [-0.25, -0.2) is 4.98 Å². The molecule has 7 heteroatoms. The number of aromatic amines is 1. The zero-order valence-corrected chi connectivity index (χ0v) is 16.3. The van der Waals surface area contributed by atoms with Gasteiger partial charge >= 0.3 is 0 Å². The highest BCUT2D eigenvalue weighted by Gasteiger charge is 2.30. The van der Waals surface area contributed by atoms with Crippen LogP contribution in [0, 0.1) is 0 Å². The van der Waals surface area contributed by atoms with Crippen LogP contribution in [0.15, 0.2) is 18.2 Å². The fourth-order valence-corrected chi connectivity index (χ4v) is 4.17. The standard InChI is InChI=1S/C20H27ClN4O2/c21-14-5-6-16-17(13-14)24-19(23-16)4-1-9-22-15-7-10-25(11-8-15)20(26)18-3-2-12-27-18/h5-6,13,15,18,22H,1-4,7-12H2,(H,23,24). The van der Waals surface area contributed by atoms with E-state index in [0.717, 1.165) is 86.6 Å². The van der Waals surface area contributed by atoms with E-state index in [2.05, 4.69) is 15.3 Å². The number of carbonyl (C=O) groups is 1. The number of aryl methyl sites for hydroxylation is 1. The zero-order valence-electron chi connectivity index (χ0n) is 15.5.